The highest BCUT2D eigenvalue weighted by molar-refractivity contribution is 5.87. The van der Waals surface area contributed by atoms with Gasteiger partial charge in [-0.3, -0.25) is 14.6 Å². The topological polar surface area (TPSA) is 95.2 Å². The van der Waals surface area contributed by atoms with Crippen molar-refractivity contribution in [3.05, 3.63) is 66.0 Å². The first kappa shape index (κ1) is 19.0. The molecule has 7 nitrogen and oxygen atoms in total. The molecule has 0 aliphatic carbocycles. The van der Waals surface area contributed by atoms with Gasteiger partial charge in [-0.1, -0.05) is 36.4 Å². The molecule has 0 radical (unpaired) electrons. The number of amides is 2. The molecule has 2 heterocycles. The summed E-state index contributed by atoms with van der Waals surface area (Å²) in [7, 11) is 0. The summed E-state index contributed by atoms with van der Waals surface area (Å²) in [6.45, 7) is 2.10. The minimum absolute atomic E-state index is 0.0530. The van der Waals surface area contributed by atoms with Crippen LogP contribution in [0.1, 0.15) is 17.3 Å². The molecule has 7 heteroatoms. The maximum absolute atomic E-state index is 12.4. The van der Waals surface area contributed by atoms with Gasteiger partial charge in [-0.15, -0.1) is 0 Å². The second-order valence-corrected chi connectivity index (χ2v) is 6.48. The molecule has 1 aromatic heterocycles. The van der Waals surface area contributed by atoms with Gasteiger partial charge in [-0.2, -0.15) is 0 Å². The van der Waals surface area contributed by atoms with E-state index in [2.05, 4.69) is 26.3 Å². The maximum atomic E-state index is 12.4. The normalized spacial score (nSPS) is 17.7. The lowest BCUT2D eigenvalue weighted by Crippen LogP contribution is -2.56. The lowest BCUT2D eigenvalue weighted by Gasteiger charge is -2.24. The molecule has 0 saturated carbocycles. The van der Waals surface area contributed by atoms with Crippen molar-refractivity contribution in [2.24, 2.45) is 0 Å². The predicted molar refractivity (Wildman–Crippen MR) is 103 cm³/mol. The molecule has 1 fully saturated rings. The first-order valence-corrected chi connectivity index (χ1v) is 9.18. The van der Waals surface area contributed by atoms with Crippen LogP contribution in [-0.2, 0) is 16.0 Å². The molecule has 142 valence electrons. The number of nitrogens with zero attached hydrogens (tertiary/aromatic N) is 1. The van der Waals surface area contributed by atoms with Crippen LogP contribution in [0.15, 0.2) is 54.7 Å². The van der Waals surface area contributed by atoms with Crippen LogP contribution in [0.3, 0.4) is 0 Å². The molecular weight excluding hydrogens is 342 g/mol. The highest BCUT2D eigenvalue weighted by Gasteiger charge is 2.21. The Hall–Kier alpha value is -2.77. The molecule has 0 bridgehead atoms. The summed E-state index contributed by atoms with van der Waals surface area (Å²) in [6.07, 6.45) is 2.32. The van der Waals surface area contributed by atoms with Gasteiger partial charge in [0.25, 0.3) is 0 Å². The van der Waals surface area contributed by atoms with Gasteiger partial charge in [0, 0.05) is 37.9 Å². The molecule has 0 spiro atoms. The summed E-state index contributed by atoms with van der Waals surface area (Å²) >= 11 is 0. The zero-order valence-corrected chi connectivity index (χ0v) is 15.2. The van der Waals surface area contributed by atoms with E-state index in [1.807, 2.05) is 48.5 Å². The Morgan fingerprint density at radius 2 is 1.93 bits per heavy atom. The molecule has 1 aliphatic rings. The Morgan fingerprint density at radius 1 is 1.11 bits per heavy atom. The molecule has 2 unspecified atom stereocenters. The average Bonchev–Trinajstić information content (AvgIpc) is 2.73. The third-order valence-electron chi connectivity index (χ3n) is 4.46. The smallest absolute Gasteiger partial charge is 0.239 e. The summed E-state index contributed by atoms with van der Waals surface area (Å²) in [5.74, 6) is -0.393. The summed E-state index contributed by atoms with van der Waals surface area (Å²) < 4.78 is 0. The number of benzene rings is 1. The van der Waals surface area contributed by atoms with Crippen molar-refractivity contribution < 1.29 is 9.59 Å². The lowest BCUT2D eigenvalue weighted by molar-refractivity contribution is -0.127. The fraction of sp³-hybridized carbons (Fsp3) is 0.350. The third-order valence-corrected chi connectivity index (χ3v) is 4.46. The molecule has 1 aliphatic heterocycles. The van der Waals surface area contributed by atoms with E-state index < -0.39 is 0 Å². The molecule has 1 saturated heterocycles. The third kappa shape index (κ3) is 5.87. The number of aromatic nitrogens is 1. The van der Waals surface area contributed by atoms with E-state index >= 15 is 0 Å². The van der Waals surface area contributed by atoms with Crippen LogP contribution in [0.2, 0.25) is 0 Å². The molecule has 2 atom stereocenters. The molecule has 4 N–H and O–H groups in total. The number of rotatable bonds is 7. The monoisotopic (exact) mass is 367 g/mol. The van der Waals surface area contributed by atoms with E-state index in [1.54, 1.807) is 6.20 Å². The molecular formula is C20H25N5O2. The number of nitrogens with one attached hydrogen (secondary N) is 4. The number of hydrogen-bond acceptors (Lipinski definition) is 5. The van der Waals surface area contributed by atoms with Crippen LogP contribution in [0, 0.1) is 0 Å². The van der Waals surface area contributed by atoms with Crippen molar-refractivity contribution in [3.63, 3.8) is 0 Å². The van der Waals surface area contributed by atoms with Crippen molar-refractivity contribution in [2.45, 2.75) is 18.5 Å². The highest BCUT2D eigenvalue weighted by atomic mass is 16.2. The van der Waals surface area contributed by atoms with Gasteiger partial charge < -0.3 is 21.3 Å². The molecule has 1 aromatic carbocycles. The summed E-state index contributed by atoms with van der Waals surface area (Å²) in [5.41, 5.74) is 1.90. The lowest BCUT2D eigenvalue weighted by atomic mass is 10.0. The summed E-state index contributed by atoms with van der Waals surface area (Å²) in [6, 6.07) is 15.0. The van der Waals surface area contributed by atoms with Crippen LogP contribution in [0.25, 0.3) is 0 Å². The predicted octanol–water partition coefficient (Wildman–Crippen LogP) is 0.159. The van der Waals surface area contributed by atoms with Gasteiger partial charge in [0.1, 0.15) is 0 Å². The fourth-order valence-electron chi connectivity index (χ4n) is 3.04. The number of carbonyl (C=O) groups excluding carboxylic acids is 2. The Bertz CT molecular complexity index is 733. The number of pyridine rings is 1. The van der Waals surface area contributed by atoms with Gasteiger partial charge in [0.05, 0.1) is 18.6 Å². The van der Waals surface area contributed by atoms with Gasteiger partial charge in [-0.05, 0) is 17.7 Å². The van der Waals surface area contributed by atoms with Crippen LogP contribution < -0.4 is 21.3 Å². The van der Waals surface area contributed by atoms with Crippen LogP contribution in [0.4, 0.5) is 0 Å². The Kier molecular flexibility index (Phi) is 6.90. The van der Waals surface area contributed by atoms with E-state index in [-0.39, 0.29) is 30.4 Å². The van der Waals surface area contributed by atoms with E-state index in [0.29, 0.717) is 13.0 Å². The SMILES string of the molecule is O=C(CNC(=O)C1CNCCN1)NC(Cc1ccccn1)c1ccccc1. The Balaban J connectivity index is 1.57. The van der Waals surface area contributed by atoms with Gasteiger partial charge in [0.2, 0.25) is 11.8 Å². The highest BCUT2D eigenvalue weighted by Crippen LogP contribution is 2.17. The number of piperazine rings is 1. The summed E-state index contributed by atoms with van der Waals surface area (Å²) in [5, 5.41) is 12.0. The second kappa shape index (κ2) is 9.80. The van der Waals surface area contributed by atoms with Crippen molar-refractivity contribution in [3.8, 4) is 0 Å². The minimum atomic E-state index is -0.301. The van der Waals surface area contributed by atoms with Gasteiger partial charge >= 0.3 is 0 Å². The van der Waals surface area contributed by atoms with Crippen LogP contribution >= 0.6 is 0 Å². The van der Waals surface area contributed by atoms with Crippen molar-refractivity contribution in [2.75, 3.05) is 26.2 Å². The second-order valence-electron chi connectivity index (χ2n) is 6.48. The molecule has 3 rings (SSSR count). The standard InChI is InChI=1S/C20H25N5O2/c26-19(14-24-20(27)18-13-21-10-11-23-18)25-17(15-6-2-1-3-7-15)12-16-8-4-5-9-22-16/h1-9,17-18,21,23H,10-14H2,(H,24,27)(H,25,26). The molecule has 2 amide bonds. The van der Waals surface area contributed by atoms with Crippen molar-refractivity contribution in [1.29, 1.82) is 0 Å². The zero-order chi connectivity index (χ0) is 18.9. The van der Waals surface area contributed by atoms with Crippen molar-refractivity contribution in [1.82, 2.24) is 26.3 Å². The van der Waals surface area contributed by atoms with Crippen molar-refractivity contribution >= 4 is 11.8 Å². The molecule has 27 heavy (non-hydrogen) atoms. The quantitative estimate of drug-likeness (QED) is 0.559. The van der Waals surface area contributed by atoms with Gasteiger partial charge in [-0.25, -0.2) is 0 Å². The Morgan fingerprint density at radius 3 is 2.63 bits per heavy atom. The number of carbonyl (C=O) groups is 2. The zero-order valence-electron chi connectivity index (χ0n) is 15.2. The maximum Gasteiger partial charge on any atom is 0.239 e. The van der Waals surface area contributed by atoms with E-state index in [9.17, 15) is 9.59 Å². The fourth-order valence-corrected chi connectivity index (χ4v) is 3.04. The van der Waals surface area contributed by atoms with Crippen LogP contribution in [0.5, 0.6) is 0 Å². The van der Waals surface area contributed by atoms with E-state index in [4.69, 9.17) is 0 Å². The van der Waals surface area contributed by atoms with E-state index in [1.165, 1.54) is 0 Å². The minimum Gasteiger partial charge on any atom is -0.347 e. The largest absolute Gasteiger partial charge is 0.347 e. The summed E-state index contributed by atoms with van der Waals surface area (Å²) in [4.78, 5) is 28.9. The van der Waals surface area contributed by atoms with Gasteiger partial charge in [0.15, 0.2) is 0 Å². The Labute approximate surface area is 159 Å². The average molecular weight is 367 g/mol. The molecule has 2 aromatic rings. The first-order valence-electron chi connectivity index (χ1n) is 9.18. The van der Waals surface area contributed by atoms with Crippen LogP contribution in [-0.4, -0.2) is 49.0 Å². The first-order chi connectivity index (χ1) is 13.2. The van der Waals surface area contributed by atoms with E-state index in [0.717, 1.165) is 24.3 Å². The number of hydrogen-bond donors (Lipinski definition) is 4.